The first-order valence-corrected chi connectivity index (χ1v) is 7.04. The van der Waals surface area contributed by atoms with Crippen LogP contribution in [0.25, 0.3) is 0 Å². The molecule has 0 bridgehead atoms. The van der Waals surface area contributed by atoms with E-state index in [9.17, 15) is 0 Å². The van der Waals surface area contributed by atoms with Gasteiger partial charge in [-0.05, 0) is 5.41 Å². The van der Waals surface area contributed by atoms with Crippen LogP contribution < -0.4 is 5.32 Å². The molecule has 2 fully saturated rings. The fourth-order valence-electron chi connectivity index (χ4n) is 2.88. The molecular weight excluding hydrogens is 228 g/mol. The van der Waals surface area contributed by atoms with E-state index in [4.69, 9.17) is 9.47 Å². The second-order valence-electron chi connectivity index (χ2n) is 6.80. The first-order valence-electron chi connectivity index (χ1n) is 7.04. The maximum atomic E-state index is 5.74. The van der Waals surface area contributed by atoms with Crippen molar-refractivity contribution in [2.45, 2.75) is 38.8 Å². The van der Waals surface area contributed by atoms with Gasteiger partial charge < -0.3 is 14.8 Å². The van der Waals surface area contributed by atoms with Crippen molar-refractivity contribution in [1.82, 2.24) is 10.2 Å². The van der Waals surface area contributed by atoms with Crippen LogP contribution in [-0.2, 0) is 9.47 Å². The third-order valence-electron chi connectivity index (χ3n) is 4.32. The van der Waals surface area contributed by atoms with E-state index < -0.39 is 0 Å². The average molecular weight is 256 g/mol. The second-order valence-corrected chi connectivity index (χ2v) is 6.80. The fraction of sp³-hybridized carbons (Fsp3) is 1.00. The molecule has 0 aromatic carbocycles. The van der Waals surface area contributed by atoms with Crippen LogP contribution >= 0.6 is 0 Å². The summed E-state index contributed by atoms with van der Waals surface area (Å²) < 4.78 is 11.3. The topological polar surface area (TPSA) is 33.7 Å². The summed E-state index contributed by atoms with van der Waals surface area (Å²) in [7, 11) is 1.82. The smallest absolute Gasteiger partial charge is 0.106 e. The van der Waals surface area contributed by atoms with Gasteiger partial charge in [-0.1, -0.05) is 20.8 Å². The van der Waals surface area contributed by atoms with Crippen LogP contribution in [0.2, 0.25) is 0 Å². The molecule has 0 amide bonds. The Balaban J connectivity index is 1.93. The number of ether oxygens (including phenoxy) is 2. The zero-order valence-electron chi connectivity index (χ0n) is 12.3. The van der Waals surface area contributed by atoms with Gasteiger partial charge in [0.05, 0.1) is 6.61 Å². The largest absolute Gasteiger partial charge is 0.378 e. The quantitative estimate of drug-likeness (QED) is 0.820. The second kappa shape index (κ2) is 5.45. The van der Waals surface area contributed by atoms with E-state index in [1.807, 2.05) is 7.11 Å². The molecule has 0 spiro atoms. The summed E-state index contributed by atoms with van der Waals surface area (Å²) in [6.07, 6.45) is 1.02. The Morgan fingerprint density at radius 1 is 1.44 bits per heavy atom. The van der Waals surface area contributed by atoms with Crippen LogP contribution in [0.4, 0.5) is 0 Å². The van der Waals surface area contributed by atoms with Crippen molar-refractivity contribution in [1.29, 1.82) is 0 Å². The SMILES string of the molecule is COC1(CN2CCNC(C(C)(C)C)C2)CCOC1. The van der Waals surface area contributed by atoms with E-state index in [1.54, 1.807) is 0 Å². The van der Waals surface area contributed by atoms with Crippen molar-refractivity contribution in [2.24, 2.45) is 5.41 Å². The molecule has 2 unspecified atom stereocenters. The lowest BCUT2D eigenvalue weighted by Gasteiger charge is -2.43. The van der Waals surface area contributed by atoms with Gasteiger partial charge in [-0.25, -0.2) is 0 Å². The summed E-state index contributed by atoms with van der Waals surface area (Å²) in [4.78, 5) is 2.53. The Morgan fingerprint density at radius 2 is 2.22 bits per heavy atom. The molecule has 4 nitrogen and oxygen atoms in total. The molecule has 18 heavy (non-hydrogen) atoms. The van der Waals surface area contributed by atoms with Crippen LogP contribution in [0, 0.1) is 5.41 Å². The lowest BCUT2D eigenvalue weighted by atomic mass is 9.85. The highest BCUT2D eigenvalue weighted by Crippen LogP contribution is 2.26. The molecule has 0 aromatic heterocycles. The van der Waals surface area contributed by atoms with E-state index in [0.29, 0.717) is 11.5 Å². The number of nitrogens with one attached hydrogen (secondary N) is 1. The fourth-order valence-corrected chi connectivity index (χ4v) is 2.88. The molecular formula is C14H28N2O2. The normalized spacial score (nSPS) is 35.0. The van der Waals surface area contributed by atoms with Crippen molar-refractivity contribution < 1.29 is 9.47 Å². The minimum absolute atomic E-state index is 0.0697. The number of rotatable bonds is 3. The number of nitrogens with zero attached hydrogens (tertiary/aromatic N) is 1. The highest BCUT2D eigenvalue weighted by molar-refractivity contribution is 4.93. The maximum Gasteiger partial charge on any atom is 0.106 e. The Morgan fingerprint density at radius 3 is 2.78 bits per heavy atom. The van der Waals surface area contributed by atoms with Crippen molar-refractivity contribution in [3.8, 4) is 0 Å². The number of hydrogen-bond acceptors (Lipinski definition) is 4. The summed E-state index contributed by atoms with van der Waals surface area (Å²) in [6, 6.07) is 0.558. The first kappa shape index (κ1) is 14.3. The average Bonchev–Trinajstić information content (AvgIpc) is 2.77. The van der Waals surface area contributed by atoms with Crippen LogP contribution in [0.15, 0.2) is 0 Å². The van der Waals surface area contributed by atoms with Crippen LogP contribution in [0.1, 0.15) is 27.2 Å². The number of methoxy groups -OCH3 is 1. The Bertz CT molecular complexity index is 269. The summed E-state index contributed by atoms with van der Waals surface area (Å²) in [5.41, 5.74) is 0.241. The molecule has 0 aliphatic carbocycles. The maximum absolute atomic E-state index is 5.74. The van der Waals surface area contributed by atoms with E-state index >= 15 is 0 Å². The molecule has 106 valence electrons. The molecule has 1 N–H and O–H groups in total. The van der Waals surface area contributed by atoms with Gasteiger partial charge in [0.2, 0.25) is 0 Å². The predicted octanol–water partition coefficient (Wildman–Crippen LogP) is 1.11. The summed E-state index contributed by atoms with van der Waals surface area (Å²) in [5.74, 6) is 0. The molecule has 0 aromatic rings. The lowest BCUT2D eigenvalue weighted by Crippen LogP contribution is -2.59. The van der Waals surface area contributed by atoms with Gasteiger partial charge in [0.25, 0.3) is 0 Å². The third-order valence-corrected chi connectivity index (χ3v) is 4.32. The van der Waals surface area contributed by atoms with Gasteiger partial charge in [-0.2, -0.15) is 0 Å². The van der Waals surface area contributed by atoms with Gasteiger partial charge in [0.15, 0.2) is 0 Å². The first-order chi connectivity index (χ1) is 8.45. The van der Waals surface area contributed by atoms with E-state index in [-0.39, 0.29) is 5.60 Å². The molecule has 2 aliphatic rings. The van der Waals surface area contributed by atoms with E-state index in [0.717, 1.165) is 45.8 Å². The van der Waals surface area contributed by atoms with Crippen LogP contribution in [-0.4, -0.2) is 63.0 Å². The van der Waals surface area contributed by atoms with Crippen molar-refractivity contribution in [2.75, 3.05) is 46.5 Å². The minimum Gasteiger partial charge on any atom is -0.378 e. The monoisotopic (exact) mass is 256 g/mol. The molecule has 0 saturated carbocycles. The summed E-state index contributed by atoms with van der Waals surface area (Å²) in [6.45, 7) is 12.8. The Labute approximate surface area is 111 Å². The molecule has 0 radical (unpaired) electrons. The molecule has 2 aliphatic heterocycles. The van der Waals surface area contributed by atoms with E-state index in [1.165, 1.54) is 0 Å². The van der Waals surface area contributed by atoms with Gasteiger partial charge >= 0.3 is 0 Å². The van der Waals surface area contributed by atoms with Gasteiger partial charge in [-0.15, -0.1) is 0 Å². The number of hydrogen-bond donors (Lipinski definition) is 1. The Hall–Kier alpha value is -0.160. The standard InChI is InChI=1S/C14H28N2O2/c1-13(2,3)12-9-16(7-6-15-12)10-14(17-4)5-8-18-11-14/h12,15H,5-11H2,1-4H3. The minimum atomic E-state index is -0.0697. The molecule has 2 rings (SSSR count). The third kappa shape index (κ3) is 3.23. The van der Waals surface area contributed by atoms with Gasteiger partial charge in [0.1, 0.15) is 5.60 Å². The van der Waals surface area contributed by atoms with Gasteiger partial charge in [-0.3, -0.25) is 4.90 Å². The highest BCUT2D eigenvalue weighted by atomic mass is 16.5. The van der Waals surface area contributed by atoms with Crippen LogP contribution in [0.3, 0.4) is 0 Å². The molecule has 4 heteroatoms. The highest BCUT2D eigenvalue weighted by Gasteiger charge is 2.39. The Kier molecular flexibility index (Phi) is 4.32. The van der Waals surface area contributed by atoms with Crippen LogP contribution in [0.5, 0.6) is 0 Å². The zero-order valence-corrected chi connectivity index (χ0v) is 12.3. The van der Waals surface area contributed by atoms with E-state index in [2.05, 4.69) is 31.0 Å². The zero-order chi connectivity index (χ0) is 13.2. The number of piperazine rings is 1. The van der Waals surface area contributed by atoms with Crippen molar-refractivity contribution in [3.63, 3.8) is 0 Å². The molecule has 2 heterocycles. The summed E-state index contributed by atoms with van der Waals surface area (Å²) >= 11 is 0. The van der Waals surface area contributed by atoms with Crippen molar-refractivity contribution >= 4 is 0 Å². The van der Waals surface area contributed by atoms with Crippen molar-refractivity contribution in [3.05, 3.63) is 0 Å². The molecule has 2 atom stereocenters. The lowest BCUT2D eigenvalue weighted by molar-refractivity contribution is -0.0479. The van der Waals surface area contributed by atoms with Gasteiger partial charge in [0, 0.05) is 52.4 Å². The molecule has 2 saturated heterocycles. The summed E-state index contributed by atoms with van der Waals surface area (Å²) in [5, 5.41) is 3.63. The predicted molar refractivity (Wildman–Crippen MR) is 72.9 cm³/mol.